The Morgan fingerprint density at radius 1 is 0.971 bits per heavy atom. The zero-order valence-electron chi connectivity index (χ0n) is 20.4. The first kappa shape index (κ1) is 27.9. The molecule has 0 spiro atoms. The molecule has 0 saturated carbocycles. The van der Waals surface area contributed by atoms with Crippen molar-refractivity contribution in [3.05, 3.63) is 58.4 Å². The highest BCUT2D eigenvalue weighted by Crippen LogP contribution is 2.32. The van der Waals surface area contributed by atoms with Gasteiger partial charge < -0.3 is 23.9 Å². The van der Waals surface area contributed by atoms with Crippen molar-refractivity contribution in [1.82, 2.24) is 4.98 Å². The van der Waals surface area contributed by atoms with Gasteiger partial charge in [-0.1, -0.05) is 30.3 Å². The van der Waals surface area contributed by atoms with Gasteiger partial charge in [0.25, 0.3) is 0 Å². The van der Waals surface area contributed by atoms with E-state index in [1.54, 1.807) is 32.9 Å². The fourth-order valence-corrected chi connectivity index (χ4v) is 3.51. The van der Waals surface area contributed by atoms with Crippen LogP contribution in [0.5, 0.6) is 0 Å². The molecule has 1 unspecified atom stereocenters. The van der Waals surface area contributed by atoms with Crippen LogP contribution < -0.4 is 0 Å². The van der Waals surface area contributed by atoms with E-state index in [1.807, 2.05) is 18.2 Å². The van der Waals surface area contributed by atoms with Crippen molar-refractivity contribution in [2.24, 2.45) is 0 Å². The fourth-order valence-electron chi connectivity index (χ4n) is 3.26. The Hall–Kier alpha value is -3.33. The molecule has 1 heterocycles. The number of carbonyl (C=O) groups excluding carboxylic acids is 4. The first-order valence-electron chi connectivity index (χ1n) is 10.9. The average Bonchev–Trinajstić information content (AvgIpc) is 3.17. The summed E-state index contributed by atoms with van der Waals surface area (Å²) in [6.07, 6.45) is -0.341. The number of carbonyl (C=O) groups is 4. The number of halogens is 1. The van der Waals surface area contributed by atoms with Gasteiger partial charge in [-0.05, 0) is 43.9 Å². The molecule has 0 saturated heterocycles. The lowest BCUT2D eigenvalue weighted by Crippen LogP contribution is -2.25. The van der Waals surface area contributed by atoms with Crippen LogP contribution in [-0.4, -0.2) is 48.7 Å². The zero-order chi connectivity index (χ0) is 26.2. The van der Waals surface area contributed by atoms with Crippen LogP contribution in [0.2, 0.25) is 0 Å². The summed E-state index contributed by atoms with van der Waals surface area (Å²) in [6.45, 7) is 5.08. The molecule has 0 aliphatic rings. The molecule has 0 fully saturated rings. The lowest BCUT2D eigenvalue weighted by Gasteiger charge is -2.19. The highest BCUT2D eigenvalue weighted by atomic mass is 35.5. The van der Waals surface area contributed by atoms with Gasteiger partial charge >= 0.3 is 23.9 Å². The molecule has 1 aromatic heterocycles. The second kappa shape index (κ2) is 12.4. The number of rotatable bonds is 10. The zero-order valence-corrected chi connectivity index (χ0v) is 21.2. The molecule has 0 amide bonds. The molecular weight excluding hydrogens is 478 g/mol. The van der Waals surface area contributed by atoms with E-state index in [2.05, 4.69) is 4.98 Å². The smallest absolute Gasteiger partial charge is 0.355 e. The Kier molecular flexibility index (Phi) is 9.89. The van der Waals surface area contributed by atoms with Gasteiger partial charge in [-0.2, -0.15) is 0 Å². The number of methoxy groups -OCH3 is 2. The number of aromatic amines is 1. The van der Waals surface area contributed by atoms with Crippen LogP contribution in [0, 0.1) is 0 Å². The van der Waals surface area contributed by atoms with E-state index >= 15 is 0 Å². The normalized spacial score (nSPS) is 11.9. The Morgan fingerprint density at radius 3 is 2.17 bits per heavy atom. The third kappa shape index (κ3) is 8.13. The summed E-state index contributed by atoms with van der Waals surface area (Å²) in [5.74, 6) is -2.65. The molecule has 9 nitrogen and oxygen atoms in total. The third-order valence-corrected chi connectivity index (χ3v) is 5.29. The van der Waals surface area contributed by atoms with E-state index in [4.69, 9.17) is 30.5 Å². The number of alkyl halides is 1. The van der Waals surface area contributed by atoms with E-state index in [1.165, 1.54) is 14.2 Å². The Bertz CT molecular complexity index is 1060. The van der Waals surface area contributed by atoms with Crippen LogP contribution in [0.25, 0.3) is 0 Å². The minimum Gasteiger partial charge on any atom is -0.469 e. The SMILES string of the molecule is COC(=O)CCc1c(C(=O)OC(C)(C)C)[nH]c(C(Cl)C(=O)OCc2ccccc2)c1CC(=O)OC. The van der Waals surface area contributed by atoms with E-state index < -0.39 is 34.9 Å². The number of nitrogens with one attached hydrogen (secondary N) is 1. The fraction of sp³-hybridized carbons (Fsp3) is 0.440. The predicted octanol–water partition coefficient (Wildman–Crippen LogP) is 3.81. The second-order valence-electron chi connectivity index (χ2n) is 8.66. The lowest BCUT2D eigenvalue weighted by atomic mass is 9.99. The highest BCUT2D eigenvalue weighted by molar-refractivity contribution is 6.30. The van der Waals surface area contributed by atoms with Crippen LogP contribution in [0.3, 0.4) is 0 Å². The molecule has 1 atom stereocenters. The van der Waals surface area contributed by atoms with Gasteiger partial charge in [-0.15, -0.1) is 11.6 Å². The number of benzene rings is 1. The summed E-state index contributed by atoms with van der Waals surface area (Å²) in [6, 6.07) is 9.03. The van der Waals surface area contributed by atoms with Gasteiger partial charge in [-0.3, -0.25) is 14.4 Å². The Morgan fingerprint density at radius 2 is 1.60 bits per heavy atom. The summed E-state index contributed by atoms with van der Waals surface area (Å²) in [5, 5.41) is -1.37. The number of hydrogen-bond acceptors (Lipinski definition) is 8. The number of H-pyrrole nitrogens is 1. The summed E-state index contributed by atoms with van der Waals surface area (Å²) in [7, 11) is 2.45. The minimum absolute atomic E-state index is 0.00986. The molecule has 0 aliphatic carbocycles. The number of ether oxygens (including phenoxy) is 4. The summed E-state index contributed by atoms with van der Waals surface area (Å²) < 4.78 is 20.3. The number of esters is 4. The van der Waals surface area contributed by atoms with E-state index in [0.717, 1.165) is 5.56 Å². The van der Waals surface area contributed by atoms with Crippen molar-refractivity contribution in [2.75, 3.05) is 14.2 Å². The van der Waals surface area contributed by atoms with Crippen molar-refractivity contribution < 1.29 is 38.1 Å². The molecule has 0 bridgehead atoms. The van der Waals surface area contributed by atoms with Crippen LogP contribution in [0.1, 0.15) is 65.4 Å². The largest absolute Gasteiger partial charge is 0.469 e. The van der Waals surface area contributed by atoms with Crippen molar-refractivity contribution in [3.63, 3.8) is 0 Å². The molecule has 190 valence electrons. The van der Waals surface area contributed by atoms with Crippen molar-refractivity contribution >= 4 is 35.5 Å². The number of aromatic nitrogens is 1. The van der Waals surface area contributed by atoms with Crippen molar-refractivity contribution in [3.8, 4) is 0 Å². The molecule has 0 radical (unpaired) electrons. The summed E-state index contributed by atoms with van der Waals surface area (Å²) in [5.41, 5.74) is 0.596. The Balaban J connectivity index is 2.47. The molecule has 10 heteroatoms. The minimum atomic E-state index is -1.37. The maximum atomic E-state index is 13.0. The molecule has 1 N–H and O–H groups in total. The van der Waals surface area contributed by atoms with Gasteiger partial charge in [0.05, 0.1) is 20.6 Å². The predicted molar refractivity (Wildman–Crippen MR) is 127 cm³/mol. The van der Waals surface area contributed by atoms with Crippen LogP contribution in [0.4, 0.5) is 0 Å². The van der Waals surface area contributed by atoms with Gasteiger partial charge in [0.15, 0.2) is 5.38 Å². The second-order valence-corrected chi connectivity index (χ2v) is 9.09. The topological polar surface area (TPSA) is 121 Å². The lowest BCUT2D eigenvalue weighted by molar-refractivity contribution is -0.145. The van der Waals surface area contributed by atoms with Crippen LogP contribution in [0.15, 0.2) is 30.3 Å². The standard InChI is InChI=1S/C25H30ClNO8/c1-25(2,3)35-24(31)22-16(11-12-18(28)32-4)17(13-19(29)33-5)21(27-22)20(26)23(30)34-14-15-9-7-6-8-10-15/h6-10,20,27H,11-14H2,1-5H3. The maximum Gasteiger partial charge on any atom is 0.355 e. The van der Waals surface area contributed by atoms with Crippen LogP contribution >= 0.6 is 11.6 Å². The van der Waals surface area contributed by atoms with Gasteiger partial charge in [0.2, 0.25) is 0 Å². The van der Waals surface area contributed by atoms with Gasteiger partial charge in [0, 0.05) is 12.1 Å². The highest BCUT2D eigenvalue weighted by Gasteiger charge is 2.33. The molecule has 35 heavy (non-hydrogen) atoms. The van der Waals surface area contributed by atoms with E-state index in [-0.39, 0.29) is 42.8 Å². The maximum absolute atomic E-state index is 13.0. The molecular formula is C25H30ClNO8. The van der Waals surface area contributed by atoms with E-state index in [9.17, 15) is 19.2 Å². The van der Waals surface area contributed by atoms with Gasteiger partial charge in [-0.25, -0.2) is 4.79 Å². The first-order valence-corrected chi connectivity index (χ1v) is 11.4. The summed E-state index contributed by atoms with van der Waals surface area (Å²) in [4.78, 5) is 52.6. The van der Waals surface area contributed by atoms with E-state index in [0.29, 0.717) is 5.56 Å². The van der Waals surface area contributed by atoms with Gasteiger partial charge in [0.1, 0.15) is 17.9 Å². The molecule has 0 aliphatic heterocycles. The molecule has 1 aromatic carbocycles. The Labute approximate surface area is 209 Å². The quantitative estimate of drug-likeness (QED) is 0.293. The third-order valence-electron chi connectivity index (χ3n) is 4.89. The monoisotopic (exact) mass is 507 g/mol. The molecule has 2 aromatic rings. The van der Waals surface area contributed by atoms with Crippen molar-refractivity contribution in [1.29, 1.82) is 0 Å². The average molecular weight is 508 g/mol. The van der Waals surface area contributed by atoms with Crippen LogP contribution in [-0.2, 0) is 52.8 Å². The number of hydrogen-bond donors (Lipinski definition) is 1. The first-order chi connectivity index (χ1) is 16.5. The summed E-state index contributed by atoms with van der Waals surface area (Å²) >= 11 is 6.47. The van der Waals surface area contributed by atoms with Crippen molar-refractivity contribution in [2.45, 2.75) is 57.6 Å². The molecule has 2 rings (SSSR count).